The number of aryl methyl sites for hydroxylation is 2. The van der Waals surface area contributed by atoms with Gasteiger partial charge in [-0.25, -0.2) is 0 Å². The molecule has 0 spiro atoms. The molecule has 0 aliphatic rings. The third kappa shape index (κ3) is 9.13. The van der Waals surface area contributed by atoms with Crippen molar-refractivity contribution in [2.24, 2.45) is 0 Å². The summed E-state index contributed by atoms with van der Waals surface area (Å²) in [6, 6.07) is 21.3. The van der Waals surface area contributed by atoms with Crippen LogP contribution < -0.4 is 48.0 Å². The summed E-state index contributed by atoms with van der Waals surface area (Å²) < 4.78 is 2.37. The first-order valence-corrected chi connectivity index (χ1v) is 16.2. The van der Waals surface area contributed by atoms with Crippen molar-refractivity contribution in [3.63, 3.8) is 0 Å². The molecule has 0 fully saturated rings. The molecule has 0 atom stereocenters. The van der Waals surface area contributed by atoms with Crippen LogP contribution >= 0.6 is 31.9 Å². The molecule has 0 saturated heterocycles. The zero-order valence-corrected chi connectivity index (χ0v) is 27.2. The Morgan fingerprint density at radius 2 is 1.07 bits per heavy atom. The molecular weight excluding hydrogens is 797 g/mol. The summed E-state index contributed by atoms with van der Waals surface area (Å²) in [6.45, 7) is 8.85. The van der Waals surface area contributed by atoms with E-state index in [1.54, 1.807) is 23.3 Å². The van der Waals surface area contributed by atoms with E-state index in [1.165, 1.54) is 41.6 Å². The van der Waals surface area contributed by atoms with Crippen LogP contribution in [0.3, 0.4) is 0 Å². The summed E-state index contributed by atoms with van der Waals surface area (Å²) in [7, 11) is 0. The van der Waals surface area contributed by atoms with E-state index in [0.29, 0.717) is 0 Å². The van der Waals surface area contributed by atoms with Crippen molar-refractivity contribution in [3.05, 3.63) is 80.7 Å². The molecule has 0 amide bonds. The smallest absolute Gasteiger partial charge is 0.0262 e. The molecule has 0 N–H and O–H groups in total. The quantitative estimate of drug-likeness (QED) is 0.145. The molecule has 0 nitrogen and oxygen atoms in total. The van der Waals surface area contributed by atoms with Crippen molar-refractivity contribution in [2.45, 2.75) is 26.9 Å². The molecule has 0 radical (unpaired) electrons. The number of hydrogen-bond donors (Lipinski definition) is 0. The van der Waals surface area contributed by atoms with Gasteiger partial charge in [0.15, 0.2) is 0 Å². The minimum atomic E-state index is 0. The Bertz CT molecular complexity index is 956. The average Bonchev–Trinajstić information content (AvgIpc) is 3.11. The number of benzene rings is 2. The average molecular weight is 819 g/mol. The molecule has 0 saturated carbocycles. The Morgan fingerprint density at radius 1 is 0.750 bits per heavy atom. The van der Waals surface area contributed by atoms with E-state index < -0.39 is 0 Å². The van der Waals surface area contributed by atoms with Crippen LogP contribution in [0.5, 0.6) is 0 Å². The number of hydrogen-bond acceptors (Lipinski definition) is 0. The second-order valence-corrected chi connectivity index (χ2v) is 17.6. The number of halogens is 4. The Morgan fingerprint density at radius 3 is 1.36 bits per heavy atom. The number of fused-ring (bicyclic) bond motifs is 2. The van der Waals surface area contributed by atoms with Crippen LogP contribution in [-0.2, 0) is 23.3 Å². The zero-order valence-electron chi connectivity index (χ0n) is 16.3. The van der Waals surface area contributed by atoms with Crippen molar-refractivity contribution in [3.8, 4) is 0 Å². The normalized spacial score (nSPS) is 9.43. The molecule has 148 valence electrons. The SMILES string of the molecule is C[Si](C)=[Zr+2].Cc1cc2c(Br)cccc2[cH-]1.Cc1cc2c(Br)cccc2[cH-]1.[I-].[I-]. The Balaban J connectivity index is 0.000000415. The fourth-order valence-electron chi connectivity index (χ4n) is 2.69. The molecule has 4 aromatic carbocycles. The predicted molar refractivity (Wildman–Crippen MR) is 121 cm³/mol. The Hall–Kier alpha value is 1.18. The fourth-order valence-corrected chi connectivity index (χ4v) is 3.68. The van der Waals surface area contributed by atoms with E-state index in [-0.39, 0.29) is 53.4 Å². The first kappa shape index (κ1) is 29.2. The van der Waals surface area contributed by atoms with E-state index >= 15 is 0 Å². The Kier molecular flexibility index (Phi) is 14.9. The standard InChI is InChI=1S/2C10H8Br.C2H6Si.2HI.Zr/c2*1-7-5-8-3-2-4-10(11)9(8)6-7;1-3-2;;;/h2*2-6H,1H3;1-2H3;2*1H;/q2*-1;;;;+2/p-2. The molecule has 0 bridgehead atoms. The molecule has 0 heterocycles. The van der Waals surface area contributed by atoms with Gasteiger partial charge in [0.25, 0.3) is 0 Å². The predicted octanol–water partition coefficient (Wildman–Crippen LogP) is 2.05. The summed E-state index contributed by atoms with van der Waals surface area (Å²) in [5, 5.41) is 5.25. The second-order valence-electron chi connectivity index (χ2n) is 6.55. The molecule has 0 aliphatic carbocycles. The fraction of sp³-hybridized carbons (Fsp3) is 0.182. The molecule has 0 unspecified atom stereocenters. The van der Waals surface area contributed by atoms with Crippen LogP contribution in [0.25, 0.3) is 21.5 Å². The van der Waals surface area contributed by atoms with Gasteiger partial charge in [-0.1, -0.05) is 57.8 Å². The largest absolute Gasteiger partial charge is 1.00 e. The van der Waals surface area contributed by atoms with Crippen LogP contribution in [0.4, 0.5) is 0 Å². The molecule has 28 heavy (non-hydrogen) atoms. The van der Waals surface area contributed by atoms with E-state index in [9.17, 15) is 0 Å². The van der Waals surface area contributed by atoms with Crippen molar-refractivity contribution in [1.29, 1.82) is 0 Å². The van der Waals surface area contributed by atoms with Gasteiger partial charge in [0.05, 0.1) is 0 Å². The van der Waals surface area contributed by atoms with Gasteiger partial charge < -0.3 is 48.0 Å². The van der Waals surface area contributed by atoms with Crippen LogP contribution in [0.2, 0.25) is 13.1 Å². The van der Waals surface area contributed by atoms with Crippen molar-refractivity contribution < 1.29 is 71.3 Å². The third-order valence-corrected chi connectivity index (χ3v) is 5.07. The molecular formula is C22H22Br2I2SiZr-2. The minimum Gasteiger partial charge on any atom is -1.00 e. The van der Waals surface area contributed by atoms with Crippen LogP contribution in [0, 0.1) is 13.8 Å². The maximum absolute atomic E-state index is 3.51. The van der Waals surface area contributed by atoms with Crippen LogP contribution in [0.15, 0.2) is 69.6 Å². The van der Waals surface area contributed by atoms with Gasteiger partial charge in [-0.2, -0.15) is 12.1 Å². The third-order valence-electron chi connectivity index (χ3n) is 3.68. The second kappa shape index (κ2) is 14.3. The summed E-state index contributed by atoms with van der Waals surface area (Å²) in [4.78, 5) is 0. The Labute approximate surface area is 234 Å². The topological polar surface area (TPSA) is 0 Å². The van der Waals surface area contributed by atoms with E-state index in [4.69, 9.17) is 0 Å². The van der Waals surface area contributed by atoms with Crippen molar-refractivity contribution in [1.82, 2.24) is 0 Å². The number of rotatable bonds is 0. The first-order valence-electron chi connectivity index (χ1n) is 8.43. The monoisotopic (exact) mass is 816 g/mol. The molecule has 6 heteroatoms. The molecule has 0 aromatic heterocycles. The van der Waals surface area contributed by atoms with E-state index in [1.807, 2.05) is 0 Å². The van der Waals surface area contributed by atoms with E-state index in [0.717, 1.165) is 0 Å². The molecule has 4 rings (SSSR count). The van der Waals surface area contributed by atoms with Gasteiger partial charge in [-0.3, -0.25) is 0 Å². The summed E-state index contributed by atoms with van der Waals surface area (Å²) in [6.07, 6.45) is 0. The molecule has 0 aliphatic heterocycles. The first-order chi connectivity index (χ1) is 12.3. The summed E-state index contributed by atoms with van der Waals surface area (Å²) in [5.41, 5.74) is 2.86. The van der Waals surface area contributed by atoms with Crippen molar-refractivity contribution in [2.75, 3.05) is 0 Å². The maximum atomic E-state index is 3.51. The summed E-state index contributed by atoms with van der Waals surface area (Å²) >= 11 is 8.76. The van der Waals surface area contributed by atoms with Gasteiger partial charge in [0.1, 0.15) is 0 Å². The van der Waals surface area contributed by atoms with Crippen molar-refractivity contribution >= 4 is 58.8 Å². The van der Waals surface area contributed by atoms with Crippen LogP contribution in [0.1, 0.15) is 11.1 Å². The minimum absolute atomic E-state index is 0. The van der Waals surface area contributed by atoms with E-state index in [2.05, 4.69) is 119 Å². The van der Waals surface area contributed by atoms with Gasteiger partial charge in [0.2, 0.25) is 0 Å². The maximum Gasteiger partial charge on any atom is -0.0262 e. The van der Waals surface area contributed by atoms with Crippen LogP contribution in [-0.4, -0.2) is 5.43 Å². The summed E-state index contributed by atoms with van der Waals surface area (Å²) in [5.74, 6) is 0. The van der Waals surface area contributed by atoms with Gasteiger partial charge in [0, 0.05) is 0 Å². The van der Waals surface area contributed by atoms with Gasteiger partial charge in [-0.15, -0.1) is 69.1 Å². The van der Waals surface area contributed by atoms with Gasteiger partial charge >= 0.3 is 41.9 Å². The van der Waals surface area contributed by atoms with Gasteiger partial charge in [-0.05, 0) is 8.95 Å². The molecule has 4 aromatic rings. The zero-order chi connectivity index (χ0) is 19.3.